The van der Waals surface area contributed by atoms with Crippen molar-refractivity contribution in [3.05, 3.63) is 35.4 Å². The van der Waals surface area contributed by atoms with Gasteiger partial charge in [-0.3, -0.25) is 4.79 Å². The van der Waals surface area contributed by atoms with Crippen molar-refractivity contribution in [1.29, 1.82) is 0 Å². The summed E-state index contributed by atoms with van der Waals surface area (Å²) >= 11 is 0. The summed E-state index contributed by atoms with van der Waals surface area (Å²) in [7, 11) is 1.67. The number of ether oxygens (including phenoxy) is 1. The molecule has 0 bridgehead atoms. The number of benzene rings is 1. The lowest BCUT2D eigenvalue weighted by molar-refractivity contribution is -0.136. The highest BCUT2D eigenvalue weighted by atomic mass is 16.5. The van der Waals surface area contributed by atoms with Gasteiger partial charge in [-0.1, -0.05) is 18.2 Å². The Balaban J connectivity index is 2.28. The Labute approximate surface area is 101 Å². The maximum atomic E-state index is 10.6. The van der Waals surface area contributed by atoms with Crippen LogP contribution in [0.4, 0.5) is 0 Å². The van der Waals surface area contributed by atoms with Crippen molar-refractivity contribution < 1.29 is 14.6 Å². The standard InChI is InChI=1S/C14H16O3/c1-17-13-7-3-5-11-10(8-9-14(15)16)4-2-6-12(11)13/h3-5,7H,2,6,8-9H2,1H3,(H,15,16). The van der Waals surface area contributed by atoms with Crippen LogP contribution < -0.4 is 4.74 Å². The molecule has 2 rings (SSSR count). The van der Waals surface area contributed by atoms with Gasteiger partial charge in [0.15, 0.2) is 0 Å². The normalized spacial score (nSPS) is 13.8. The van der Waals surface area contributed by atoms with Gasteiger partial charge in [0.1, 0.15) is 5.75 Å². The lowest BCUT2D eigenvalue weighted by atomic mass is 9.88. The number of hydrogen-bond donors (Lipinski definition) is 1. The Hall–Kier alpha value is -1.77. The molecule has 0 spiro atoms. The molecule has 0 unspecified atom stereocenters. The zero-order valence-corrected chi connectivity index (χ0v) is 9.90. The van der Waals surface area contributed by atoms with E-state index in [0.717, 1.165) is 29.7 Å². The van der Waals surface area contributed by atoms with E-state index in [9.17, 15) is 4.79 Å². The topological polar surface area (TPSA) is 46.5 Å². The van der Waals surface area contributed by atoms with Gasteiger partial charge < -0.3 is 9.84 Å². The lowest BCUT2D eigenvalue weighted by Crippen LogP contribution is -2.04. The minimum atomic E-state index is -0.749. The van der Waals surface area contributed by atoms with E-state index in [1.54, 1.807) is 7.11 Å². The molecule has 3 heteroatoms. The third-order valence-corrected chi connectivity index (χ3v) is 3.09. The van der Waals surface area contributed by atoms with Gasteiger partial charge in [0, 0.05) is 12.0 Å². The zero-order valence-electron chi connectivity index (χ0n) is 9.90. The molecule has 0 saturated carbocycles. The second-order valence-corrected chi connectivity index (χ2v) is 4.15. The summed E-state index contributed by atoms with van der Waals surface area (Å²) in [6.45, 7) is 0. The Morgan fingerprint density at radius 1 is 1.47 bits per heavy atom. The molecule has 1 N–H and O–H groups in total. The molecule has 1 aliphatic rings. The first-order valence-corrected chi connectivity index (χ1v) is 5.79. The van der Waals surface area contributed by atoms with Gasteiger partial charge >= 0.3 is 5.97 Å². The van der Waals surface area contributed by atoms with E-state index in [0.29, 0.717) is 6.42 Å². The number of carboxylic acid groups (broad SMARTS) is 1. The number of fused-ring (bicyclic) bond motifs is 1. The maximum absolute atomic E-state index is 10.6. The van der Waals surface area contributed by atoms with E-state index >= 15 is 0 Å². The first kappa shape index (κ1) is 11.7. The van der Waals surface area contributed by atoms with Crippen molar-refractivity contribution >= 4 is 11.5 Å². The fourth-order valence-corrected chi connectivity index (χ4v) is 2.29. The third kappa shape index (κ3) is 2.49. The predicted molar refractivity (Wildman–Crippen MR) is 66.2 cm³/mol. The molecule has 0 radical (unpaired) electrons. The highest BCUT2D eigenvalue weighted by molar-refractivity contribution is 5.76. The van der Waals surface area contributed by atoms with Crippen molar-refractivity contribution in [3.63, 3.8) is 0 Å². The highest BCUT2D eigenvalue weighted by Gasteiger charge is 2.16. The molecule has 1 aromatic rings. The molecule has 17 heavy (non-hydrogen) atoms. The predicted octanol–water partition coefficient (Wildman–Crippen LogP) is 2.89. The van der Waals surface area contributed by atoms with Crippen LogP contribution in [0.3, 0.4) is 0 Å². The Kier molecular flexibility index (Phi) is 3.47. The molecular formula is C14H16O3. The second kappa shape index (κ2) is 5.04. The zero-order chi connectivity index (χ0) is 12.3. The van der Waals surface area contributed by atoms with Crippen LogP contribution in [0.25, 0.3) is 5.57 Å². The second-order valence-electron chi connectivity index (χ2n) is 4.15. The highest BCUT2D eigenvalue weighted by Crippen LogP contribution is 2.34. The first-order chi connectivity index (χ1) is 8.22. The van der Waals surface area contributed by atoms with Crippen molar-refractivity contribution in [2.24, 2.45) is 0 Å². The van der Waals surface area contributed by atoms with E-state index in [2.05, 4.69) is 6.08 Å². The molecule has 0 heterocycles. The number of aliphatic carboxylic acids is 1. The van der Waals surface area contributed by atoms with Crippen molar-refractivity contribution in [2.75, 3.05) is 7.11 Å². The number of carbonyl (C=O) groups is 1. The maximum Gasteiger partial charge on any atom is 0.303 e. The van der Waals surface area contributed by atoms with E-state index in [1.807, 2.05) is 18.2 Å². The number of rotatable bonds is 4. The van der Waals surface area contributed by atoms with Crippen molar-refractivity contribution in [1.82, 2.24) is 0 Å². The van der Waals surface area contributed by atoms with Crippen molar-refractivity contribution in [2.45, 2.75) is 25.7 Å². The van der Waals surface area contributed by atoms with Gasteiger partial charge in [-0.15, -0.1) is 0 Å². The first-order valence-electron chi connectivity index (χ1n) is 5.79. The average Bonchev–Trinajstić information content (AvgIpc) is 2.35. The molecule has 0 aromatic heterocycles. The van der Waals surface area contributed by atoms with Gasteiger partial charge in [0.2, 0.25) is 0 Å². The molecule has 1 aromatic carbocycles. The third-order valence-electron chi connectivity index (χ3n) is 3.09. The molecule has 3 nitrogen and oxygen atoms in total. The average molecular weight is 232 g/mol. The summed E-state index contributed by atoms with van der Waals surface area (Å²) in [6, 6.07) is 5.96. The van der Waals surface area contributed by atoms with E-state index in [1.165, 1.54) is 5.56 Å². The number of carboxylic acids is 1. The minimum absolute atomic E-state index is 0.183. The number of hydrogen-bond acceptors (Lipinski definition) is 2. The number of methoxy groups -OCH3 is 1. The monoisotopic (exact) mass is 232 g/mol. The van der Waals surface area contributed by atoms with Gasteiger partial charge in [-0.25, -0.2) is 0 Å². The summed E-state index contributed by atoms with van der Waals surface area (Å²) < 4.78 is 5.34. The molecule has 0 amide bonds. The van der Waals surface area contributed by atoms with Crippen LogP contribution in [-0.4, -0.2) is 18.2 Å². The van der Waals surface area contributed by atoms with Crippen LogP contribution in [-0.2, 0) is 11.2 Å². The van der Waals surface area contributed by atoms with E-state index in [4.69, 9.17) is 9.84 Å². The smallest absolute Gasteiger partial charge is 0.303 e. The molecule has 0 atom stereocenters. The molecule has 0 saturated heterocycles. The fourth-order valence-electron chi connectivity index (χ4n) is 2.29. The van der Waals surface area contributed by atoms with Gasteiger partial charge in [0.05, 0.1) is 7.11 Å². The Bertz CT molecular complexity index is 461. The largest absolute Gasteiger partial charge is 0.496 e. The lowest BCUT2D eigenvalue weighted by Gasteiger charge is -2.19. The summed E-state index contributed by atoms with van der Waals surface area (Å²) in [5.74, 6) is 0.157. The van der Waals surface area contributed by atoms with Crippen LogP contribution in [0, 0.1) is 0 Å². The minimum Gasteiger partial charge on any atom is -0.496 e. The summed E-state index contributed by atoms with van der Waals surface area (Å²) in [4.78, 5) is 10.6. The summed E-state index contributed by atoms with van der Waals surface area (Å²) in [6.07, 6.45) is 4.85. The van der Waals surface area contributed by atoms with E-state index < -0.39 is 5.97 Å². The summed E-state index contributed by atoms with van der Waals surface area (Å²) in [5, 5.41) is 8.74. The fraction of sp³-hybridized carbons (Fsp3) is 0.357. The molecule has 1 aliphatic carbocycles. The van der Waals surface area contributed by atoms with Crippen LogP contribution in [0.5, 0.6) is 5.75 Å². The van der Waals surface area contributed by atoms with Crippen LogP contribution >= 0.6 is 0 Å². The van der Waals surface area contributed by atoms with Crippen molar-refractivity contribution in [3.8, 4) is 5.75 Å². The van der Waals surface area contributed by atoms with Gasteiger partial charge in [-0.2, -0.15) is 0 Å². The SMILES string of the molecule is COc1cccc2c1CCC=C2CCC(=O)O. The molecule has 0 aliphatic heterocycles. The molecule has 90 valence electrons. The quantitative estimate of drug-likeness (QED) is 0.868. The molecule has 0 fully saturated rings. The van der Waals surface area contributed by atoms with Crippen LogP contribution in [0.2, 0.25) is 0 Å². The number of allylic oxidation sites excluding steroid dienone is 2. The van der Waals surface area contributed by atoms with Gasteiger partial charge in [0.25, 0.3) is 0 Å². The Morgan fingerprint density at radius 3 is 3.00 bits per heavy atom. The van der Waals surface area contributed by atoms with Crippen LogP contribution in [0.1, 0.15) is 30.4 Å². The van der Waals surface area contributed by atoms with Gasteiger partial charge in [-0.05, 0) is 36.5 Å². The molecular weight excluding hydrogens is 216 g/mol. The Morgan fingerprint density at radius 2 is 2.29 bits per heavy atom. The summed E-state index contributed by atoms with van der Waals surface area (Å²) in [5.41, 5.74) is 3.49. The van der Waals surface area contributed by atoms with Crippen LogP contribution in [0.15, 0.2) is 24.3 Å². The van der Waals surface area contributed by atoms with E-state index in [-0.39, 0.29) is 6.42 Å².